The lowest BCUT2D eigenvalue weighted by Crippen LogP contribution is -2.07. The molecule has 2 aromatic heterocycles. The second-order valence-electron chi connectivity index (χ2n) is 5.05. The van der Waals surface area contributed by atoms with Crippen molar-refractivity contribution in [1.29, 1.82) is 0 Å². The molecule has 104 valence electrons. The van der Waals surface area contributed by atoms with Gasteiger partial charge in [-0.25, -0.2) is 0 Å². The Morgan fingerprint density at radius 3 is 2.55 bits per heavy atom. The van der Waals surface area contributed by atoms with Gasteiger partial charge in [-0.2, -0.15) is 0 Å². The smallest absolute Gasteiger partial charge is 0.186 e. The summed E-state index contributed by atoms with van der Waals surface area (Å²) in [5, 5.41) is 1.76. The van der Waals surface area contributed by atoms with Crippen molar-refractivity contribution in [3.8, 4) is 0 Å². The van der Waals surface area contributed by atoms with Gasteiger partial charge in [0.15, 0.2) is 11.6 Å². The predicted molar refractivity (Wildman–Crippen MR) is 84.2 cm³/mol. The number of ketones is 2. The third-order valence-electron chi connectivity index (χ3n) is 3.73. The summed E-state index contributed by atoms with van der Waals surface area (Å²) in [4.78, 5) is 32.5. The van der Waals surface area contributed by atoms with E-state index < -0.39 is 0 Å². The first kappa shape index (κ1) is 12.6. The highest BCUT2D eigenvalue weighted by Crippen LogP contribution is 2.31. The molecule has 22 heavy (non-hydrogen) atoms. The lowest BCUT2D eigenvalue weighted by molar-refractivity contribution is -0.113. The van der Waals surface area contributed by atoms with E-state index in [4.69, 9.17) is 0 Å². The minimum atomic E-state index is -0.182. The van der Waals surface area contributed by atoms with Gasteiger partial charge in [-0.1, -0.05) is 6.07 Å². The summed E-state index contributed by atoms with van der Waals surface area (Å²) < 4.78 is 0. The van der Waals surface area contributed by atoms with Crippen molar-refractivity contribution in [3.63, 3.8) is 0 Å². The maximum atomic E-state index is 12.2. The molecular weight excluding hydrogens is 276 g/mol. The average molecular weight is 286 g/mol. The van der Waals surface area contributed by atoms with E-state index in [1.54, 1.807) is 18.5 Å². The highest BCUT2D eigenvalue weighted by Gasteiger charge is 2.18. The van der Waals surface area contributed by atoms with Crippen molar-refractivity contribution in [2.75, 3.05) is 0 Å². The number of hydrogen-bond acceptors (Lipinski definition) is 4. The van der Waals surface area contributed by atoms with Crippen LogP contribution in [0.2, 0.25) is 0 Å². The molecule has 0 spiro atoms. The second-order valence-corrected chi connectivity index (χ2v) is 5.05. The standard InChI is InChI=1S/C18H10N2O2/c21-11-3-6-17(22)14(10-11)12-7-9-20-16-5-4-15-13(18(12)16)2-1-8-19-15/h1-10H. The molecule has 0 fully saturated rings. The van der Waals surface area contributed by atoms with Crippen LogP contribution in [-0.2, 0) is 9.59 Å². The van der Waals surface area contributed by atoms with Gasteiger partial charge in [0, 0.05) is 28.7 Å². The Balaban J connectivity index is 2.12. The zero-order valence-corrected chi connectivity index (χ0v) is 11.5. The lowest BCUT2D eigenvalue weighted by Gasteiger charge is -2.12. The SMILES string of the molecule is O=C1C=CC(=O)C(c2ccnc3ccc4ncccc4c23)=C1. The van der Waals surface area contributed by atoms with E-state index in [2.05, 4.69) is 9.97 Å². The Kier molecular flexibility index (Phi) is 2.69. The van der Waals surface area contributed by atoms with Crippen LogP contribution in [-0.4, -0.2) is 21.5 Å². The molecule has 1 aromatic carbocycles. The maximum Gasteiger partial charge on any atom is 0.186 e. The van der Waals surface area contributed by atoms with Gasteiger partial charge in [-0.05, 0) is 48.1 Å². The van der Waals surface area contributed by atoms with Crippen molar-refractivity contribution in [2.24, 2.45) is 0 Å². The molecular formula is C18H10N2O2. The molecule has 4 rings (SSSR count). The molecule has 1 aliphatic carbocycles. The summed E-state index contributed by atoms with van der Waals surface area (Å²) in [6.07, 6.45) is 7.35. The van der Waals surface area contributed by atoms with Gasteiger partial charge >= 0.3 is 0 Å². The summed E-state index contributed by atoms with van der Waals surface area (Å²) in [6, 6.07) is 9.34. The number of pyridine rings is 2. The van der Waals surface area contributed by atoms with Crippen LogP contribution in [0.4, 0.5) is 0 Å². The van der Waals surface area contributed by atoms with Crippen molar-refractivity contribution in [3.05, 3.63) is 66.5 Å². The fraction of sp³-hybridized carbons (Fsp3) is 0. The van der Waals surface area contributed by atoms with Gasteiger partial charge < -0.3 is 0 Å². The van der Waals surface area contributed by atoms with Crippen LogP contribution in [0.3, 0.4) is 0 Å². The molecule has 0 aliphatic heterocycles. The van der Waals surface area contributed by atoms with Gasteiger partial charge in [0.05, 0.1) is 11.0 Å². The van der Waals surface area contributed by atoms with E-state index >= 15 is 0 Å². The summed E-state index contributed by atoms with van der Waals surface area (Å²) in [7, 11) is 0. The molecule has 0 bridgehead atoms. The minimum Gasteiger partial charge on any atom is -0.290 e. The molecule has 4 nitrogen and oxygen atoms in total. The zero-order chi connectivity index (χ0) is 15.1. The maximum absolute atomic E-state index is 12.2. The Hall–Kier alpha value is -3.14. The summed E-state index contributed by atoms with van der Waals surface area (Å²) in [6.45, 7) is 0. The minimum absolute atomic E-state index is 0.173. The van der Waals surface area contributed by atoms with Crippen LogP contribution in [0.5, 0.6) is 0 Å². The Labute approximate surface area is 125 Å². The summed E-state index contributed by atoms with van der Waals surface area (Å²) >= 11 is 0. The predicted octanol–water partition coefficient (Wildman–Crippen LogP) is 2.87. The number of hydrogen-bond donors (Lipinski definition) is 0. The van der Waals surface area contributed by atoms with E-state index in [1.807, 2.05) is 24.3 Å². The molecule has 0 N–H and O–H groups in total. The van der Waals surface area contributed by atoms with Crippen LogP contribution in [0.15, 0.2) is 61.0 Å². The van der Waals surface area contributed by atoms with E-state index in [0.29, 0.717) is 11.1 Å². The number of fused-ring (bicyclic) bond motifs is 3. The Bertz CT molecular complexity index is 1020. The number of allylic oxidation sites excluding steroid dienone is 4. The van der Waals surface area contributed by atoms with E-state index in [0.717, 1.165) is 21.8 Å². The van der Waals surface area contributed by atoms with E-state index in [1.165, 1.54) is 18.2 Å². The normalized spacial score (nSPS) is 14.6. The average Bonchev–Trinajstić information content (AvgIpc) is 2.56. The summed E-state index contributed by atoms with van der Waals surface area (Å²) in [5.41, 5.74) is 2.71. The first-order valence-corrected chi connectivity index (χ1v) is 6.85. The van der Waals surface area contributed by atoms with E-state index in [9.17, 15) is 9.59 Å². The van der Waals surface area contributed by atoms with Gasteiger partial charge in [0.1, 0.15) is 0 Å². The third kappa shape index (κ3) is 1.85. The third-order valence-corrected chi connectivity index (χ3v) is 3.73. The molecule has 4 heteroatoms. The van der Waals surface area contributed by atoms with Crippen molar-refractivity contribution < 1.29 is 9.59 Å². The number of aromatic nitrogens is 2. The first-order chi connectivity index (χ1) is 10.7. The molecule has 0 unspecified atom stereocenters. The fourth-order valence-electron chi connectivity index (χ4n) is 2.75. The largest absolute Gasteiger partial charge is 0.290 e. The molecule has 1 aliphatic rings. The molecule has 2 heterocycles. The topological polar surface area (TPSA) is 59.9 Å². The Morgan fingerprint density at radius 2 is 1.64 bits per heavy atom. The number of rotatable bonds is 1. The highest BCUT2D eigenvalue weighted by molar-refractivity contribution is 6.36. The molecule has 0 radical (unpaired) electrons. The van der Waals surface area contributed by atoms with Crippen LogP contribution in [0.25, 0.3) is 27.4 Å². The molecule has 0 saturated carbocycles. The van der Waals surface area contributed by atoms with E-state index in [-0.39, 0.29) is 11.6 Å². The van der Waals surface area contributed by atoms with Crippen molar-refractivity contribution in [1.82, 2.24) is 9.97 Å². The lowest BCUT2D eigenvalue weighted by atomic mass is 9.92. The monoisotopic (exact) mass is 286 g/mol. The number of nitrogens with zero attached hydrogens (tertiary/aromatic N) is 2. The molecule has 0 atom stereocenters. The van der Waals surface area contributed by atoms with Gasteiger partial charge in [-0.15, -0.1) is 0 Å². The molecule has 0 saturated heterocycles. The first-order valence-electron chi connectivity index (χ1n) is 6.85. The fourth-order valence-corrected chi connectivity index (χ4v) is 2.75. The highest BCUT2D eigenvalue weighted by atomic mass is 16.1. The molecule has 0 amide bonds. The Morgan fingerprint density at radius 1 is 0.818 bits per heavy atom. The van der Waals surface area contributed by atoms with Crippen molar-refractivity contribution >= 4 is 38.9 Å². The molecule has 3 aromatic rings. The number of carbonyl (C=O) groups is 2. The zero-order valence-electron chi connectivity index (χ0n) is 11.5. The van der Waals surface area contributed by atoms with Crippen LogP contribution in [0.1, 0.15) is 5.56 Å². The van der Waals surface area contributed by atoms with Crippen LogP contribution < -0.4 is 0 Å². The van der Waals surface area contributed by atoms with Crippen LogP contribution in [0, 0.1) is 0 Å². The quantitative estimate of drug-likeness (QED) is 0.510. The van der Waals surface area contributed by atoms with Crippen LogP contribution >= 0.6 is 0 Å². The van der Waals surface area contributed by atoms with Crippen molar-refractivity contribution in [2.45, 2.75) is 0 Å². The van der Waals surface area contributed by atoms with Gasteiger partial charge in [0.25, 0.3) is 0 Å². The number of benzene rings is 1. The van der Waals surface area contributed by atoms with Gasteiger partial charge in [-0.3, -0.25) is 19.6 Å². The second kappa shape index (κ2) is 4.70. The van der Waals surface area contributed by atoms with Gasteiger partial charge in [0.2, 0.25) is 0 Å². The summed E-state index contributed by atoms with van der Waals surface area (Å²) in [5.74, 6) is -0.356. The number of carbonyl (C=O) groups excluding carboxylic acids is 2.